The van der Waals surface area contributed by atoms with Gasteiger partial charge in [0.25, 0.3) is 0 Å². The van der Waals surface area contributed by atoms with Crippen molar-refractivity contribution in [3.63, 3.8) is 0 Å². The summed E-state index contributed by atoms with van der Waals surface area (Å²) >= 11 is 8.89. The van der Waals surface area contributed by atoms with E-state index < -0.39 is 0 Å². The van der Waals surface area contributed by atoms with Crippen molar-refractivity contribution in [1.29, 1.82) is 0 Å². The van der Waals surface area contributed by atoms with Gasteiger partial charge in [-0.05, 0) is 12.1 Å². The largest absolute Gasteiger partial charge is 0.469 e. The van der Waals surface area contributed by atoms with Crippen LogP contribution in [0, 0.1) is 0 Å². The Kier molecular flexibility index (Phi) is 7.27. The Morgan fingerprint density at radius 1 is 1.47 bits per heavy atom. The third-order valence-electron chi connectivity index (χ3n) is 2.40. The molecule has 19 heavy (non-hydrogen) atoms. The van der Waals surface area contributed by atoms with E-state index >= 15 is 0 Å². The first-order chi connectivity index (χ1) is 9.02. The van der Waals surface area contributed by atoms with Crippen LogP contribution in [0.3, 0.4) is 0 Å². The molecule has 0 fully saturated rings. The maximum Gasteiger partial charge on any atom is 0.307 e. The maximum atomic E-state index is 11.8. The van der Waals surface area contributed by atoms with Gasteiger partial charge in [0, 0.05) is 24.2 Å². The van der Waals surface area contributed by atoms with Gasteiger partial charge < -0.3 is 9.64 Å². The summed E-state index contributed by atoms with van der Waals surface area (Å²) in [6.07, 6.45) is 0.226. The van der Waals surface area contributed by atoms with Gasteiger partial charge in [-0.1, -0.05) is 11.6 Å². The molecule has 1 heterocycles. The van der Waals surface area contributed by atoms with Crippen molar-refractivity contribution < 1.29 is 14.3 Å². The van der Waals surface area contributed by atoms with Crippen LogP contribution >= 0.6 is 34.7 Å². The minimum absolute atomic E-state index is 0.0107. The predicted molar refractivity (Wildman–Crippen MR) is 79.8 cm³/mol. The van der Waals surface area contributed by atoms with Gasteiger partial charge in [0.1, 0.15) is 0 Å². The molecule has 0 unspecified atom stereocenters. The number of thioether (sulfide) groups is 1. The number of hydrogen-bond donors (Lipinski definition) is 0. The smallest absolute Gasteiger partial charge is 0.307 e. The standard InChI is InChI=1S/C12H16ClNO3S2/c1-14(6-5-12(16)17-2)11(15)8-18-7-9-3-4-10(13)19-9/h3-4H,5-8H2,1-2H3. The van der Waals surface area contributed by atoms with Gasteiger partial charge in [0.05, 0.1) is 23.6 Å². The average molecular weight is 322 g/mol. The number of esters is 1. The van der Waals surface area contributed by atoms with E-state index in [1.54, 1.807) is 23.7 Å². The molecule has 1 aromatic heterocycles. The topological polar surface area (TPSA) is 46.6 Å². The molecule has 0 bridgehead atoms. The lowest BCUT2D eigenvalue weighted by Crippen LogP contribution is -2.30. The minimum Gasteiger partial charge on any atom is -0.469 e. The van der Waals surface area contributed by atoms with Crippen LogP contribution in [0.25, 0.3) is 0 Å². The Bertz CT molecular complexity index is 436. The second kappa shape index (κ2) is 8.45. The van der Waals surface area contributed by atoms with E-state index in [0.717, 1.165) is 15.0 Å². The number of ether oxygens (including phenoxy) is 1. The predicted octanol–water partition coefficient (Wildman–Crippen LogP) is 2.66. The summed E-state index contributed by atoms with van der Waals surface area (Å²) in [6, 6.07) is 3.82. The summed E-state index contributed by atoms with van der Waals surface area (Å²) in [4.78, 5) is 25.4. The number of carbonyl (C=O) groups excluding carboxylic acids is 2. The molecule has 0 aliphatic carbocycles. The fourth-order valence-electron chi connectivity index (χ4n) is 1.26. The molecule has 1 aromatic rings. The highest BCUT2D eigenvalue weighted by Crippen LogP contribution is 2.25. The van der Waals surface area contributed by atoms with Crippen LogP contribution in [0.4, 0.5) is 0 Å². The Balaban J connectivity index is 2.21. The van der Waals surface area contributed by atoms with E-state index in [1.165, 1.54) is 18.4 Å². The van der Waals surface area contributed by atoms with Crippen LogP contribution in [0.5, 0.6) is 0 Å². The van der Waals surface area contributed by atoms with Crippen LogP contribution in [0.2, 0.25) is 4.34 Å². The second-order valence-corrected chi connectivity index (χ2v) is 6.63. The molecular formula is C12H16ClNO3S2. The van der Waals surface area contributed by atoms with Crippen molar-refractivity contribution in [2.24, 2.45) is 0 Å². The number of amides is 1. The van der Waals surface area contributed by atoms with Gasteiger partial charge in [-0.3, -0.25) is 9.59 Å². The first-order valence-electron chi connectivity index (χ1n) is 5.65. The van der Waals surface area contributed by atoms with Crippen LogP contribution in [-0.4, -0.2) is 43.2 Å². The molecule has 0 aromatic carbocycles. The van der Waals surface area contributed by atoms with Crippen LogP contribution in [0.15, 0.2) is 12.1 Å². The van der Waals surface area contributed by atoms with Crippen molar-refractivity contribution in [1.82, 2.24) is 4.90 Å². The average Bonchev–Trinajstić information content (AvgIpc) is 2.81. The summed E-state index contributed by atoms with van der Waals surface area (Å²) in [7, 11) is 3.03. The molecule has 1 amide bonds. The van der Waals surface area contributed by atoms with Crippen LogP contribution in [0.1, 0.15) is 11.3 Å². The SMILES string of the molecule is COC(=O)CCN(C)C(=O)CSCc1ccc(Cl)s1. The van der Waals surface area contributed by atoms with Crippen molar-refractivity contribution in [2.75, 3.05) is 26.5 Å². The van der Waals surface area contributed by atoms with E-state index in [0.29, 0.717) is 12.3 Å². The molecule has 7 heteroatoms. The monoisotopic (exact) mass is 321 g/mol. The molecule has 4 nitrogen and oxygen atoms in total. The maximum absolute atomic E-state index is 11.8. The Morgan fingerprint density at radius 3 is 2.79 bits per heavy atom. The molecule has 0 saturated heterocycles. The lowest BCUT2D eigenvalue weighted by atomic mass is 10.4. The van der Waals surface area contributed by atoms with E-state index in [-0.39, 0.29) is 18.3 Å². The number of rotatable bonds is 7. The molecule has 0 saturated carbocycles. The van der Waals surface area contributed by atoms with Gasteiger partial charge in [0.15, 0.2) is 0 Å². The third kappa shape index (κ3) is 6.31. The van der Waals surface area contributed by atoms with E-state index in [9.17, 15) is 9.59 Å². The number of nitrogens with zero attached hydrogens (tertiary/aromatic N) is 1. The Morgan fingerprint density at radius 2 is 2.21 bits per heavy atom. The molecular weight excluding hydrogens is 306 g/mol. The summed E-state index contributed by atoms with van der Waals surface area (Å²) in [5, 5.41) is 0. The quantitative estimate of drug-likeness (QED) is 0.724. The van der Waals surface area contributed by atoms with Crippen LogP contribution in [-0.2, 0) is 20.1 Å². The zero-order chi connectivity index (χ0) is 14.3. The molecule has 0 aliphatic rings. The van der Waals surface area contributed by atoms with Gasteiger partial charge in [-0.25, -0.2) is 0 Å². The fourth-order valence-corrected chi connectivity index (χ4v) is 3.43. The number of halogens is 1. The van der Waals surface area contributed by atoms with Gasteiger partial charge >= 0.3 is 5.97 Å². The molecule has 0 spiro atoms. The summed E-state index contributed by atoms with van der Waals surface area (Å²) < 4.78 is 5.29. The highest BCUT2D eigenvalue weighted by Gasteiger charge is 2.11. The highest BCUT2D eigenvalue weighted by atomic mass is 35.5. The van der Waals surface area contributed by atoms with E-state index in [2.05, 4.69) is 4.74 Å². The number of thiophene rings is 1. The molecule has 106 valence electrons. The van der Waals surface area contributed by atoms with Gasteiger partial charge in [-0.15, -0.1) is 23.1 Å². The van der Waals surface area contributed by atoms with Crippen LogP contribution < -0.4 is 0 Å². The van der Waals surface area contributed by atoms with Crippen molar-refractivity contribution in [3.8, 4) is 0 Å². The van der Waals surface area contributed by atoms with Gasteiger partial charge in [0.2, 0.25) is 5.91 Å². The minimum atomic E-state index is -0.305. The lowest BCUT2D eigenvalue weighted by molar-refractivity contribution is -0.141. The van der Waals surface area contributed by atoms with Crippen molar-refractivity contribution >= 4 is 46.6 Å². The fraction of sp³-hybridized carbons (Fsp3) is 0.500. The molecule has 0 aliphatic heterocycles. The second-order valence-electron chi connectivity index (χ2n) is 3.84. The number of hydrogen-bond acceptors (Lipinski definition) is 5. The first kappa shape index (κ1) is 16.3. The summed E-state index contributed by atoms with van der Waals surface area (Å²) in [6.45, 7) is 0.386. The first-order valence-corrected chi connectivity index (χ1v) is 8.00. The van der Waals surface area contributed by atoms with E-state index in [1.807, 2.05) is 12.1 Å². The number of carbonyl (C=O) groups is 2. The van der Waals surface area contributed by atoms with E-state index in [4.69, 9.17) is 11.6 Å². The Labute approximate surface area is 126 Å². The molecule has 0 atom stereocenters. The summed E-state index contributed by atoms with van der Waals surface area (Å²) in [5.41, 5.74) is 0. The highest BCUT2D eigenvalue weighted by molar-refractivity contribution is 7.99. The van der Waals surface area contributed by atoms with Crippen molar-refractivity contribution in [2.45, 2.75) is 12.2 Å². The lowest BCUT2D eigenvalue weighted by Gasteiger charge is -2.15. The third-order valence-corrected chi connectivity index (χ3v) is 4.78. The zero-order valence-electron chi connectivity index (χ0n) is 10.8. The van der Waals surface area contributed by atoms with Gasteiger partial charge in [-0.2, -0.15) is 0 Å². The van der Waals surface area contributed by atoms with Crippen molar-refractivity contribution in [3.05, 3.63) is 21.3 Å². The normalized spacial score (nSPS) is 10.3. The molecule has 0 N–H and O–H groups in total. The Hall–Kier alpha value is -0.720. The molecule has 0 radical (unpaired) electrons. The zero-order valence-corrected chi connectivity index (χ0v) is 13.2. The molecule has 1 rings (SSSR count). The number of methoxy groups -OCH3 is 1. The summed E-state index contributed by atoms with van der Waals surface area (Å²) in [5.74, 6) is 0.873.